The number of amides is 1. The molecule has 0 unspecified atom stereocenters. The highest BCUT2D eigenvalue weighted by Gasteiger charge is 2.15. The number of primary amides is 1. The minimum Gasteiger partial charge on any atom is -0.454 e. The van der Waals surface area contributed by atoms with Gasteiger partial charge in [0, 0.05) is 11.6 Å². The van der Waals surface area contributed by atoms with Crippen LogP contribution in [0.3, 0.4) is 0 Å². The molecule has 0 atom stereocenters. The highest BCUT2D eigenvalue weighted by molar-refractivity contribution is 5.94. The van der Waals surface area contributed by atoms with Gasteiger partial charge < -0.3 is 25.3 Å². The molecule has 1 amide bonds. The van der Waals surface area contributed by atoms with Crippen LogP contribution in [0.25, 0.3) is 10.8 Å². The Hall–Kier alpha value is -2.70. The number of nitrogens with one attached hydrogen (secondary N) is 1. The molecule has 104 valence electrons. The van der Waals surface area contributed by atoms with Crippen LogP contribution in [0.5, 0.6) is 11.5 Å². The maximum Gasteiger partial charge on any atom is 0.404 e. The van der Waals surface area contributed by atoms with E-state index in [-0.39, 0.29) is 13.4 Å². The average molecular weight is 275 g/mol. The van der Waals surface area contributed by atoms with Crippen molar-refractivity contribution in [3.63, 3.8) is 0 Å². The number of carbonyl (C=O) groups is 1. The fraction of sp³-hybridized carbons (Fsp3) is 0.231. The van der Waals surface area contributed by atoms with Crippen LogP contribution in [-0.2, 0) is 4.74 Å². The second-order valence-electron chi connectivity index (χ2n) is 4.18. The Labute approximate surface area is 114 Å². The van der Waals surface area contributed by atoms with Crippen molar-refractivity contribution in [2.24, 2.45) is 5.73 Å². The molecule has 1 aliphatic heterocycles. The molecule has 0 radical (unpaired) electrons. The Kier molecular flexibility index (Phi) is 3.16. The standard InChI is InChI=1S/C13H13N3O4/c14-13(17)18-4-3-16-12-9-6-11-10(19-7-20-11)5-8(9)1-2-15-12/h1-2,5-6H,3-4,7H2,(H2,14,17)(H,15,16). The number of fused-ring (bicyclic) bond motifs is 2. The van der Waals surface area contributed by atoms with E-state index in [0.717, 1.165) is 16.5 Å². The Morgan fingerprint density at radius 2 is 2.20 bits per heavy atom. The lowest BCUT2D eigenvalue weighted by atomic mass is 10.1. The topological polar surface area (TPSA) is 95.7 Å². The van der Waals surface area contributed by atoms with Crippen LogP contribution >= 0.6 is 0 Å². The van der Waals surface area contributed by atoms with Gasteiger partial charge in [-0.2, -0.15) is 0 Å². The van der Waals surface area contributed by atoms with Gasteiger partial charge in [0.25, 0.3) is 0 Å². The molecule has 3 N–H and O–H groups in total. The number of carbonyl (C=O) groups excluding carboxylic acids is 1. The third kappa shape index (κ3) is 2.37. The molecule has 0 spiro atoms. The SMILES string of the molecule is NC(=O)OCCNc1nccc2cc3c(cc12)OCO3. The van der Waals surface area contributed by atoms with Crippen molar-refractivity contribution < 1.29 is 19.0 Å². The molecule has 0 aliphatic carbocycles. The average Bonchev–Trinajstić information content (AvgIpc) is 2.88. The van der Waals surface area contributed by atoms with E-state index in [0.29, 0.717) is 18.1 Å². The number of aromatic nitrogens is 1. The third-order valence-electron chi connectivity index (χ3n) is 2.90. The van der Waals surface area contributed by atoms with Gasteiger partial charge in [0.1, 0.15) is 12.4 Å². The number of hydrogen-bond acceptors (Lipinski definition) is 6. The smallest absolute Gasteiger partial charge is 0.404 e. The minimum atomic E-state index is -0.791. The molecule has 2 aromatic rings. The Morgan fingerprint density at radius 1 is 1.40 bits per heavy atom. The predicted octanol–water partition coefficient (Wildman–Crippen LogP) is 1.47. The number of hydrogen-bond donors (Lipinski definition) is 2. The van der Waals surface area contributed by atoms with E-state index < -0.39 is 6.09 Å². The lowest BCUT2D eigenvalue weighted by Crippen LogP contribution is -2.18. The molecular weight excluding hydrogens is 262 g/mol. The highest BCUT2D eigenvalue weighted by atomic mass is 16.7. The lowest BCUT2D eigenvalue weighted by molar-refractivity contribution is 0.161. The van der Waals surface area contributed by atoms with Gasteiger partial charge in [0.05, 0.1) is 6.54 Å². The summed E-state index contributed by atoms with van der Waals surface area (Å²) >= 11 is 0. The fourth-order valence-corrected chi connectivity index (χ4v) is 2.02. The summed E-state index contributed by atoms with van der Waals surface area (Å²) in [6.07, 6.45) is 0.906. The molecule has 1 aromatic heterocycles. The number of anilines is 1. The molecule has 1 aliphatic rings. The molecule has 7 heteroatoms. The first-order valence-electron chi connectivity index (χ1n) is 6.08. The quantitative estimate of drug-likeness (QED) is 0.820. The number of ether oxygens (including phenoxy) is 3. The van der Waals surface area contributed by atoms with E-state index in [1.807, 2.05) is 18.2 Å². The van der Waals surface area contributed by atoms with Gasteiger partial charge in [-0.05, 0) is 23.6 Å². The molecule has 0 saturated carbocycles. The van der Waals surface area contributed by atoms with Crippen LogP contribution in [0.4, 0.5) is 10.6 Å². The van der Waals surface area contributed by atoms with Gasteiger partial charge in [-0.3, -0.25) is 0 Å². The molecule has 1 aromatic carbocycles. The van der Waals surface area contributed by atoms with Gasteiger partial charge >= 0.3 is 6.09 Å². The zero-order valence-corrected chi connectivity index (χ0v) is 10.6. The van der Waals surface area contributed by atoms with Crippen molar-refractivity contribution in [1.29, 1.82) is 0 Å². The largest absolute Gasteiger partial charge is 0.454 e. The number of nitrogens with zero attached hydrogens (tertiary/aromatic N) is 1. The van der Waals surface area contributed by atoms with Gasteiger partial charge in [0.15, 0.2) is 11.5 Å². The maximum absolute atomic E-state index is 10.5. The molecule has 0 fully saturated rings. The zero-order valence-electron chi connectivity index (χ0n) is 10.6. The first kappa shape index (κ1) is 12.3. The van der Waals surface area contributed by atoms with E-state index in [1.54, 1.807) is 6.20 Å². The van der Waals surface area contributed by atoms with Crippen molar-refractivity contribution in [2.45, 2.75) is 0 Å². The number of pyridine rings is 1. The van der Waals surface area contributed by atoms with Crippen molar-refractivity contribution in [2.75, 3.05) is 25.3 Å². The molecule has 3 rings (SSSR count). The van der Waals surface area contributed by atoms with Crippen LogP contribution in [-0.4, -0.2) is 31.0 Å². The molecular formula is C13H13N3O4. The van der Waals surface area contributed by atoms with Gasteiger partial charge in [0.2, 0.25) is 6.79 Å². The third-order valence-corrected chi connectivity index (χ3v) is 2.90. The first-order chi connectivity index (χ1) is 9.74. The minimum absolute atomic E-state index is 0.179. The van der Waals surface area contributed by atoms with Crippen LogP contribution < -0.4 is 20.5 Å². The van der Waals surface area contributed by atoms with Crippen LogP contribution in [0.1, 0.15) is 0 Å². The summed E-state index contributed by atoms with van der Waals surface area (Å²) in [7, 11) is 0. The summed E-state index contributed by atoms with van der Waals surface area (Å²) in [5, 5.41) is 5.00. The number of nitrogens with two attached hydrogens (primary N) is 1. The highest BCUT2D eigenvalue weighted by Crippen LogP contribution is 2.37. The summed E-state index contributed by atoms with van der Waals surface area (Å²) in [6, 6.07) is 5.68. The van der Waals surface area contributed by atoms with E-state index in [1.165, 1.54) is 0 Å². The van der Waals surface area contributed by atoms with Crippen molar-refractivity contribution in [3.8, 4) is 11.5 Å². The monoisotopic (exact) mass is 275 g/mol. The predicted molar refractivity (Wildman–Crippen MR) is 71.9 cm³/mol. The normalized spacial score (nSPS) is 12.4. The van der Waals surface area contributed by atoms with Crippen LogP contribution in [0.2, 0.25) is 0 Å². The Morgan fingerprint density at radius 3 is 3.00 bits per heavy atom. The summed E-state index contributed by atoms with van der Waals surface area (Å²) in [5.41, 5.74) is 4.89. The summed E-state index contributed by atoms with van der Waals surface area (Å²) in [6.45, 7) is 0.829. The zero-order chi connectivity index (χ0) is 13.9. The van der Waals surface area contributed by atoms with E-state index >= 15 is 0 Å². The second kappa shape index (κ2) is 5.12. The summed E-state index contributed by atoms with van der Waals surface area (Å²) in [5.74, 6) is 2.11. The Bertz CT molecular complexity index is 659. The van der Waals surface area contributed by atoms with Crippen molar-refractivity contribution in [1.82, 2.24) is 4.98 Å². The molecule has 7 nitrogen and oxygen atoms in total. The van der Waals surface area contributed by atoms with Crippen LogP contribution in [0, 0.1) is 0 Å². The van der Waals surface area contributed by atoms with Crippen molar-refractivity contribution >= 4 is 22.7 Å². The number of benzene rings is 1. The van der Waals surface area contributed by atoms with E-state index in [4.69, 9.17) is 15.2 Å². The van der Waals surface area contributed by atoms with Gasteiger partial charge in [-0.15, -0.1) is 0 Å². The maximum atomic E-state index is 10.5. The molecule has 0 saturated heterocycles. The Balaban J connectivity index is 1.82. The first-order valence-corrected chi connectivity index (χ1v) is 6.08. The lowest BCUT2D eigenvalue weighted by Gasteiger charge is -2.09. The van der Waals surface area contributed by atoms with Gasteiger partial charge in [-0.25, -0.2) is 9.78 Å². The van der Waals surface area contributed by atoms with Crippen molar-refractivity contribution in [3.05, 3.63) is 24.4 Å². The van der Waals surface area contributed by atoms with Gasteiger partial charge in [-0.1, -0.05) is 0 Å². The van der Waals surface area contributed by atoms with Crippen LogP contribution in [0.15, 0.2) is 24.4 Å². The molecule has 20 heavy (non-hydrogen) atoms. The molecule has 0 bridgehead atoms. The summed E-state index contributed by atoms with van der Waals surface area (Å²) < 4.78 is 15.3. The summed E-state index contributed by atoms with van der Waals surface area (Å²) in [4.78, 5) is 14.7. The van der Waals surface area contributed by atoms with E-state index in [9.17, 15) is 4.79 Å². The fourth-order valence-electron chi connectivity index (χ4n) is 2.02. The molecule has 2 heterocycles. The van der Waals surface area contributed by atoms with E-state index in [2.05, 4.69) is 15.0 Å². The number of rotatable bonds is 4. The second-order valence-corrected chi connectivity index (χ2v) is 4.18.